The first-order chi connectivity index (χ1) is 14.8. The minimum atomic E-state index is -4.56. The molecule has 0 bridgehead atoms. The molecule has 7 nitrogen and oxygen atoms in total. The van der Waals surface area contributed by atoms with E-state index in [1.54, 1.807) is 4.57 Å². The summed E-state index contributed by atoms with van der Waals surface area (Å²) in [6, 6.07) is 4.37. The summed E-state index contributed by atoms with van der Waals surface area (Å²) in [6.07, 6.45) is -4.56. The van der Waals surface area contributed by atoms with E-state index in [1.807, 2.05) is 32.7 Å². The molecule has 0 aliphatic carbocycles. The second-order valence-corrected chi connectivity index (χ2v) is 9.05. The van der Waals surface area contributed by atoms with Gasteiger partial charge in [-0.1, -0.05) is 39.0 Å². The lowest BCUT2D eigenvalue weighted by Crippen LogP contribution is -2.53. The van der Waals surface area contributed by atoms with E-state index < -0.39 is 29.1 Å². The Hall–Kier alpha value is -2.88. The second-order valence-electron chi connectivity index (χ2n) is 9.05. The Morgan fingerprint density at radius 1 is 1.12 bits per heavy atom. The Labute approximate surface area is 185 Å². The maximum atomic E-state index is 13.7. The van der Waals surface area contributed by atoms with Crippen LogP contribution < -0.4 is 10.6 Å². The van der Waals surface area contributed by atoms with Crippen LogP contribution in [0.3, 0.4) is 0 Å². The number of aromatic nitrogens is 2. The number of halogens is 3. The summed E-state index contributed by atoms with van der Waals surface area (Å²) >= 11 is 0. The highest BCUT2D eigenvalue weighted by Crippen LogP contribution is 2.38. The monoisotopic (exact) mass is 451 g/mol. The van der Waals surface area contributed by atoms with Crippen molar-refractivity contribution in [1.29, 1.82) is 0 Å². The molecule has 1 aliphatic rings. The van der Waals surface area contributed by atoms with Gasteiger partial charge in [0.15, 0.2) is 5.69 Å². The third kappa shape index (κ3) is 4.64. The summed E-state index contributed by atoms with van der Waals surface area (Å²) in [7, 11) is 3.34. The van der Waals surface area contributed by atoms with Gasteiger partial charge in [0.05, 0.1) is 11.3 Å². The second kappa shape index (κ2) is 8.57. The van der Waals surface area contributed by atoms with Crippen molar-refractivity contribution in [3.63, 3.8) is 0 Å². The fourth-order valence-electron chi connectivity index (χ4n) is 3.82. The van der Waals surface area contributed by atoms with Gasteiger partial charge in [0.2, 0.25) is 5.91 Å². The fourth-order valence-corrected chi connectivity index (χ4v) is 3.82. The number of nitrogens with one attached hydrogen (secondary N) is 2. The average molecular weight is 451 g/mol. The molecule has 1 aromatic carbocycles. The summed E-state index contributed by atoms with van der Waals surface area (Å²) in [5.74, 6) is -0.861. The molecule has 3 rings (SSSR count). The van der Waals surface area contributed by atoms with Gasteiger partial charge in [-0.25, -0.2) is 4.98 Å². The lowest BCUT2D eigenvalue weighted by molar-refractivity contribution is -0.137. The number of benzene rings is 1. The summed E-state index contributed by atoms with van der Waals surface area (Å²) in [6.45, 7) is 6.79. The van der Waals surface area contributed by atoms with Crippen molar-refractivity contribution in [2.75, 3.05) is 20.6 Å². The SMILES string of the molecule is CNC(=O)C(NC(=O)c1nc(-c2ccccc2C(F)(F)F)n2c1CN(C)CC2)C(C)(C)C. The first-order valence-electron chi connectivity index (χ1n) is 10.3. The third-order valence-electron chi connectivity index (χ3n) is 5.54. The minimum absolute atomic E-state index is 0.0293. The smallest absolute Gasteiger partial charge is 0.357 e. The zero-order valence-corrected chi connectivity index (χ0v) is 18.8. The Morgan fingerprint density at radius 2 is 1.78 bits per heavy atom. The van der Waals surface area contributed by atoms with Crippen LogP contribution in [0.5, 0.6) is 0 Å². The number of hydrogen-bond donors (Lipinski definition) is 2. The maximum Gasteiger partial charge on any atom is 0.417 e. The molecule has 1 aromatic heterocycles. The molecule has 10 heteroatoms. The number of likely N-dealkylation sites (N-methyl/N-ethyl adjacent to an activating group) is 2. The van der Waals surface area contributed by atoms with Gasteiger partial charge >= 0.3 is 6.18 Å². The number of fused-ring (bicyclic) bond motifs is 1. The van der Waals surface area contributed by atoms with Crippen molar-refractivity contribution in [3.8, 4) is 11.4 Å². The zero-order chi connectivity index (χ0) is 23.8. The zero-order valence-electron chi connectivity index (χ0n) is 18.8. The van der Waals surface area contributed by atoms with Crippen LogP contribution in [-0.2, 0) is 24.1 Å². The van der Waals surface area contributed by atoms with Gasteiger partial charge in [0.1, 0.15) is 11.9 Å². The van der Waals surface area contributed by atoms with Gasteiger partial charge in [-0.15, -0.1) is 0 Å². The molecule has 0 spiro atoms. The Bertz CT molecular complexity index is 1020. The molecule has 0 radical (unpaired) electrons. The van der Waals surface area contributed by atoms with E-state index in [1.165, 1.54) is 25.2 Å². The van der Waals surface area contributed by atoms with Crippen molar-refractivity contribution in [2.45, 2.75) is 46.1 Å². The highest BCUT2D eigenvalue weighted by molar-refractivity contribution is 5.98. The molecule has 1 aliphatic heterocycles. The summed E-state index contributed by atoms with van der Waals surface area (Å²) < 4.78 is 42.6. The molecule has 0 saturated heterocycles. The number of nitrogens with zero attached hydrogens (tertiary/aromatic N) is 3. The van der Waals surface area contributed by atoms with Gasteiger partial charge in [-0.2, -0.15) is 13.2 Å². The minimum Gasteiger partial charge on any atom is -0.357 e. The highest BCUT2D eigenvalue weighted by atomic mass is 19.4. The van der Waals surface area contributed by atoms with E-state index in [2.05, 4.69) is 15.6 Å². The third-order valence-corrected chi connectivity index (χ3v) is 5.54. The Kier molecular flexibility index (Phi) is 6.37. The lowest BCUT2D eigenvalue weighted by Gasteiger charge is -2.30. The number of imidazole rings is 1. The lowest BCUT2D eigenvalue weighted by atomic mass is 9.86. The molecular formula is C22H28F3N5O2. The fraction of sp³-hybridized carbons (Fsp3) is 0.500. The first-order valence-corrected chi connectivity index (χ1v) is 10.3. The Morgan fingerprint density at radius 3 is 2.38 bits per heavy atom. The maximum absolute atomic E-state index is 13.7. The van der Waals surface area contributed by atoms with Crippen molar-refractivity contribution in [1.82, 2.24) is 25.1 Å². The summed E-state index contributed by atoms with van der Waals surface area (Å²) in [5, 5.41) is 5.27. The van der Waals surface area contributed by atoms with Crippen LogP contribution in [0.4, 0.5) is 13.2 Å². The first kappa shape index (κ1) is 23.8. The predicted octanol–water partition coefficient (Wildman–Crippen LogP) is 2.90. The number of alkyl halides is 3. The van der Waals surface area contributed by atoms with Crippen LogP contribution in [-0.4, -0.2) is 52.9 Å². The van der Waals surface area contributed by atoms with Crippen LogP contribution in [0.15, 0.2) is 24.3 Å². The van der Waals surface area contributed by atoms with Crippen molar-refractivity contribution < 1.29 is 22.8 Å². The van der Waals surface area contributed by atoms with Crippen LogP contribution in [0, 0.1) is 5.41 Å². The van der Waals surface area contributed by atoms with Crippen molar-refractivity contribution >= 4 is 11.8 Å². The molecule has 2 heterocycles. The molecular weight excluding hydrogens is 423 g/mol. The van der Waals surface area contributed by atoms with Gasteiger partial charge < -0.3 is 15.2 Å². The summed E-state index contributed by atoms with van der Waals surface area (Å²) in [4.78, 5) is 31.9. The molecule has 174 valence electrons. The van der Waals surface area contributed by atoms with Crippen LogP contribution >= 0.6 is 0 Å². The van der Waals surface area contributed by atoms with Crippen molar-refractivity contribution in [2.24, 2.45) is 5.41 Å². The quantitative estimate of drug-likeness (QED) is 0.749. The van der Waals surface area contributed by atoms with E-state index >= 15 is 0 Å². The topological polar surface area (TPSA) is 79.3 Å². The van der Waals surface area contributed by atoms with Gasteiger partial charge in [0, 0.05) is 32.2 Å². The van der Waals surface area contributed by atoms with Gasteiger partial charge in [0.25, 0.3) is 5.91 Å². The standard InChI is InChI=1S/C22H28F3N5O2/c1-21(2,3)17(20(32)26-4)28-19(31)16-15-12-29(5)10-11-30(15)18(27-16)13-8-6-7-9-14(13)22(23,24)25/h6-9,17H,10-12H2,1-5H3,(H,26,32)(H,28,31). The molecule has 0 saturated carbocycles. The van der Waals surface area contributed by atoms with Crippen molar-refractivity contribution in [3.05, 3.63) is 41.2 Å². The number of carbonyl (C=O) groups excluding carboxylic acids is 2. The van der Waals surface area contributed by atoms with Crippen LogP contribution in [0.25, 0.3) is 11.4 Å². The molecule has 1 unspecified atom stereocenters. The molecule has 1 atom stereocenters. The van der Waals surface area contributed by atoms with E-state index in [-0.39, 0.29) is 23.0 Å². The van der Waals surface area contributed by atoms with E-state index in [9.17, 15) is 22.8 Å². The normalized spacial score (nSPS) is 15.8. The number of amides is 2. The largest absolute Gasteiger partial charge is 0.417 e. The van der Waals surface area contributed by atoms with Gasteiger partial charge in [-0.3, -0.25) is 14.5 Å². The van der Waals surface area contributed by atoms with Crippen LogP contribution in [0.1, 0.15) is 42.5 Å². The molecule has 0 fully saturated rings. The Balaban J connectivity index is 2.11. The molecule has 2 N–H and O–H groups in total. The molecule has 32 heavy (non-hydrogen) atoms. The molecule has 2 aromatic rings. The van der Waals surface area contributed by atoms with Crippen LogP contribution in [0.2, 0.25) is 0 Å². The average Bonchev–Trinajstić information content (AvgIpc) is 3.08. The van der Waals surface area contributed by atoms with E-state index in [0.717, 1.165) is 6.07 Å². The predicted molar refractivity (Wildman–Crippen MR) is 114 cm³/mol. The van der Waals surface area contributed by atoms with E-state index in [4.69, 9.17) is 0 Å². The van der Waals surface area contributed by atoms with E-state index in [0.29, 0.717) is 25.3 Å². The van der Waals surface area contributed by atoms with Gasteiger partial charge in [-0.05, 0) is 18.5 Å². The molecule has 2 amide bonds. The number of carbonyl (C=O) groups is 2. The number of hydrogen-bond acceptors (Lipinski definition) is 4. The highest BCUT2D eigenvalue weighted by Gasteiger charge is 2.37. The summed E-state index contributed by atoms with van der Waals surface area (Å²) in [5.41, 5.74) is -0.924. The number of rotatable bonds is 4.